The summed E-state index contributed by atoms with van der Waals surface area (Å²) in [7, 11) is 0. The SMILES string of the molecule is CC(=O)Oc1ccccc1Nc1ccccc1. The third kappa shape index (κ3) is 3.08. The second-order valence-electron chi connectivity index (χ2n) is 3.58. The van der Waals surface area contributed by atoms with E-state index in [0.717, 1.165) is 11.4 Å². The molecule has 3 heteroatoms. The number of hydrogen-bond donors (Lipinski definition) is 1. The topological polar surface area (TPSA) is 38.3 Å². The van der Waals surface area contributed by atoms with Crippen LogP contribution in [0.25, 0.3) is 0 Å². The van der Waals surface area contributed by atoms with E-state index in [1.165, 1.54) is 6.92 Å². The van der Waals surface area contributed by atoms with Gasteiger partial charge in [-0.15, -0.1) is 0 Å². The predicted octanol–water partition coefficient (Wildman–Crippen LogP) is 3.36. The van der Waals surface area contributed by atoms with Crippen LogP contribution in [0.3, 0.4) is 0 Å². The smallest absolute Gasteiger partial charge is 0.308 e. The second kappa shape index (κ2) is 5.16. The maximum Gasteiger partial charge on any atom is 0.308 e. The van der Waals surface area contributed by atoms with Crippen molar-refractivity contribution in [1.82, 2.24) is 0 Å². The van der Waals surface area contributed by atoms with E-state index in [1.54, 1.807) is 6.07 Å². The lowest BCUT2D eigenvalue weighted by molar-refractivity contribution is -0.131. The largest absolute Gasteiger partial charge is 0.424 e. The summed E-state index contributed by atoms with van der Waals surface area (Å²) in [5, 5.41) is 3.20. The van der Waals surface area contributed by atoms with Crippen LogP contribution >= 0.6 is 0 Å². The number of carbonyl (C=O) groups excluding carboxylic acids is 1. The fraction of sp³-hybridized carbons (Fsp3) is 0.0714. The average molecular weight is 227 g/mol. The van der Waals surface area contributed by atoms with Gasteiger partial charge in [-0.25, -0.2) is 0 Å². The van der Waals surface area contributed by atoms with Gasteiger partial charge in [0.2, 0.25) is 0 Å². The molecule has 0 fully saturated rings. The van der Waals surface area contributed by atoms with Crippen LogP contribution in [0, 0.1) is 0 Å². The van der Waals surface area contributed by atoms with Gasteiger partial charge in [0.05, 0.1) is 5.69 Å². The van der Waals surface area contributed by atoms with Crippen LogP contribution in [-0.4, -0.2) is 5.97 Å². The highest BCUT2D eigenvalue weighted by atomic mass is 16.5. The maximum absolute atomic E-state index is 11.0. The van der Waals surface area contributed by atoms with E-state index >= 15 is 0 Å². The van der Waals surface area contributed by atoms with Gasteiger partial charge in [0.15, 0.2) is 5.75 Å². The molecule has 0 spiro atoms. The van der Waals surface area contributed by atoms with E-state index in [0.29, 0.717) is 5.75 Å². The summed E-state index contributed by atoms with van der Waals surface area (Å²) in [5.74, 6) is 0.205. The molecule has 0 aliphatic heterocycles. The monoisotopic (exact) mass is 227 g/mol. The zero-order chi connectivity index (χ0) is 12.1. The molecule has 0 aliphatic rings. The van der Waals surface area contributed by atoms with Crippen molar-refractivity contribution in [2.45, 2.75) is 6.92 Å². The first-order valence-electron chi connectivity index (χ1n) is 5.35. The van der Waals surface area contributed by atoms with Gasteiger partial charge >= 0.3 is 5.97 Å². The minimum Gasteiger partial charge on any atom is -0.424 e. The van der Waals surface area contributed by atoms with E-state index < -0.39 is 0 Å². The summed E-state index contributed by atoms with van der Waals surface area (Å²) in [6.07, 6.45) is 0. The summed E-state index contributed by atoms with van der Waals surface area (Å²) < 4.78 is 5.12. The summed E-state index contributed by atoms with van der Waals surface area (Å²) in [5.41, 5.74) is 1.72. The molecule has 2 aromatic carbocycles. The summed E-state index contributed by atoms with van der Waals surface area (Å²) in [6.45, 7) is 1.39. The highest BCUT2D eigenvalue weighted by molar-refractivity contribution is 5.74. The van der Waals surface area contributed by atoms with Crippen LogP contribution < -0.4 is 10.1 Å². The number of ether oxygens (including phenoxy) is 1. The molecule has 3 nitrogen and oxygen atoms in total. The standard InChI is InChI=1S/C14H13NO2/c1-11(16)17-14-10-6-5-9-13(14)15-12-7-3-2-4-8-12/h2-10,15H,1H3. The lowest BCUT2D eigenvalue weighted by atomic mass is 10.2. The highest BCUT2D eigenvalue weighted by Crippen LogP contribution is 2.27. The zero-order valence-electron chi connectivity index (χ0n) is 9.51. The molecule has 0 bridgehead atoms. The molecule has 0 aliphatic carbocycles. The van der Waals surface area contributed by atoms with Gasteiger partial charge in [0, 0.05) is 12.6 Å². The number of carbonyl (C=O) groups is 1. The first-order chi connectivity index (χ1) is 8.25. The number of nitrogens with one attached hydrogen (secondary N) is 1. The van der Waals surface area contributed by atoms with Crippen LogP contribution in [0.5, 0.6) is 5.75 Å². The van der Waals surface area contributed by atoms with E-state index in [-0.39, 0.29) is 5.97 Å². The molecule has 17 heavy (non-hydrogen) atoms. The molecule has 2 aromatic rings. The molecule has 0 saturated heterocycles. The summed E-state index contributed by atoms with van der Waals surface area (Å²) >= 11 is 0. The molecular weight excluding hydrogens is 214 g/mol. The van der Waals surface area contributed by atoms with E-state index in [1.807, 2.05) is 48.5 Å². The molecule has 0 radical (unpaired) electrons. The summed E-state index contributed by atoms with van der Waals surface area (Å²) in [4.78, 5) is 11.0. The lowest BCUT2D eigenvalue weighted by Gasteiger charge is -2.10. The quantitative estimate of drug-likeness (QED) is 0.645. The predicted molar refractivity (Wildman–Crippen MR) is 67.5 cm³/mol. The molecular formula is C14H13NO2. The molecule has 2 rings (SSSR count). The average Bonchev–Trinajstić information content (AvgIpc) is 2.32. The number of esters is 1. The van der Waals surface area contributed by atoms with E-state index in [2.05, 4.69) is 5.32 Å². The Kier molecular flexibility index (Phi) is 3.40. The van der Waals surface area contributed by atoms with Gasteiger partial charge in [-0.2, -0.15) is 0 Å². The first kappa shape index (κ1) is 11.2. The van der Waals surface area contributed by atoms with Gasteiger partial charge in [-0.3, -0.25) is 4.79 Å². The van der Waals surface area contributed by atoms with Crippen molar-refractivity contribution in [3.05, 3.63) is 54.6 Å². The molecule has 0 aromatic heterocycles. The minimum absolute atomic E-state index is 0.327. The third-order valence-electron chi connectivity index (χ3n) is 2.19. The first-order valence-corrected chi connectivity index (χ1v) is 5.35. The van der Waals surface area contributed by atoms with E-state index in [4.69, 9.17) is 4.74 Å². The van der Waals surface area contributed by atoms with Gasteiger partial charge < -0.3 is 10.1 Å². The van der Waals surface area contributed by atoms with E-state index in [9.17, 15) is 4.79 Å². The summed E-state index contributed by atoms with van der Waals surface area (Å²) in [6, 6.07) is 17.1. The Hall–Kier alpha value is -2.29. The second-order valence-corrected chi connectivity index (χ2v) is 3.58. The Balaban J connectivity index is 2.23. The fourth-order valence-electron chi connectivity index (χ4n) is 1.49. The van der Waals surface area contributed by atoms with Crippen LogP contribution in [0.1, 0.15) is 6.92 Å². The van der Waals surface area contributed by atoms with Crippen molar-refractivity contribution in [2.75, 3.05) is 5.32 Å². The number of rotatable bonds is 3. The number of para-hydroxylation sites is 3. The van der Waals surface area contributed by atoms with Crippen molar-refractivity contribution in [3.63, 3.8) is 0 Å². The van der Waals surface area contributed by atoms with Crippen molar-refractivity contribution < 1.29 is 9.53 Å². The Labute approximate surface area is 100 Å². The molecule has 0 atom stereocenters. The normalized spacial score (nSPS) is 9.71. The number of anilines is 2. The van der Waals surface area contributed by atoms with Gasteiger partial charge in [-0.1, -0.05) is 30.3 Å². The Morgan fingerprint density at radius 3 is 2.35 bits per heavy atom. The molecule has 1 N–H and O–H groups in total. The van der Waals surface area contributed by atoms with Crippen LogP contribution in [-0.2, 0) is 4.79 Å². The molecule has 0 saturated carbocycles. The van der Waals surface area contributed by atoms with Gasteiger partial charge in [0.25, 0.3) is 0 Å². The molecule has 86 valence electrons. The van der Waals surface area contributed by atoms with Crippen molar-refractivity contribution >= 4 is 17.3 Å². The number of hydrogen-bond acceptors (Lipinski definition) is 3. The third-order valence-corrected chi connectivity index (χ3v) is 2.19. The van der Waals surface area contributed by atoms with Gasteiger partial charge in [-0.05, 0) is 24.3 Å². The molecule has 0 heterocycles. The highest BCUT2D eigenvalue weighted by Gasteiger charge is 2.04. The zero-order valence-corrected chi connectivity index (χ0v) is 9.51. The maximum atomic E-state index is 11.0. The minimum atomic E-state index is -0.327. The van der Waals surface area contributed by atoms with Crippen LogP contribution in [0.4, 0.5) is 11.4 Å². The van der Waals surface area contributed by atoms with Crippen LogP contribution in [0.15, 0.2) is 54.6 Å². The van der Waals surface area contributed by atoms with Crippen molar-refractivity contribution in [3.8, 4) is 5.75 Å². The van der Waals surface area contributed by atoms with Crippen molar-refractivity contribution in [2.24, 2.45) is 0 Å². The Morgan fingerprint density at radius 2 is 1.65 bits per heavy atom. The number of benzene rings is 2. The Morgan fingerprint density at radius 1 is 1.00 bits per heavy atom. The Bertz CT molecular complexity index is 509. The molecule has 0 amide bonds. The van der Waals surface area contributed by atoms with Gasteiger partial charge in [0.1, 0.15) is 0 Å². The van der Waals surface area contributed by atoms with Crippen molar-refractivity contribution in [1.29, 1.82) is 0 Å². The molecule has 0 unspecified atom stereocenters. The van der Waals surface area contributed by atoms with Crippen LogP contribution in [0.2, 0.25) is 0 Å². The fourth-order valence-corrected chi connectivity index (χ4v) is 1.49. The lowest BCUT2D eigenvalue weighted by Crippen LogP contribution is -2.03.